The Kier molecular flexibility index (Phi) is 6.10. The average Bonchev–Trinajstić information content (AvgIpc) is 2.40. The molecule has 4 nitrogen and oxygen atoms in total. The van der Waals surface area contributed by atoms with Crippen molar-refractivity contribution in [2.24, 2.45) is 0 Å². The standard InChI is InChI=1S/C15H22FNO3/c1-4-13(17(3)8-7-14(18)19)15(20)11-5-6-12(16)10(2)9-11/h5-6,9,13,15,20H,4,7-8H2,1-3H3,(H,18,19). The maximum atomic E-state index is 13.3. The molecule has 0 aromatic heterocycles. The van der Waals surface area contributed by atoms with Gasteiger partial charge in [0.1, 0.15) is 5.82 Å². The highest BCUT2D eigenvalue weighted by atomic mass is 19.1. The summed E-state index contributed by atoms with van der Waals surface area (Å²) in [7, 11) is 1.79. The lowest BCUT2D eigenvalue weighted by atomic mass is 9.97. The number of aliphatic hydroxyl groups is 1. The van der Waals surface area contributed by atoms with Crippen molar-refractivity contribution in [2.75, 3.05) is 13.6 Å². The van der Waals surface area contributed by atoms with Gasteiger partial charge in [0.25, 0.3) is 0 Å². The van der Waals surface area contributed by atoms with Gasteiger partial charge in [-0.25, -0.2) is 4.39 Å². The van der Waals surface area contributed by atoms with Crippen molar-refractivity contribution in [3.8, 4) is 0 Å². The molecule has 1 rings (SSSR count). The maximum absolute atomic E-state index is 13.3. The number of hydrogen-bond acceptors (Lipinski definition) is 3. The Morgan fingerprint density at radius 2 is 2.10 bits per heavy atom. The zero-order valence-corrected chi connectivity index (χ0v) is 12.1. The van der Waals surface area contributed by atoms with Crippen LogP contribution in [0.2, 0.25) is 0 Å². The number of rotatable bonds is 7. The van der Waals surface area contributed by atoms with Crippen LogP contribution < -0.4 is 0 Å². The predicted molar refractivity (Wildman–Crippen MR) is 75.1 cm³/mol. The van der Waals surface area contributed by atoms with Crippen LogP contribution in [0.3, 0.4) is 0 Å². The highest BCUT2D eigenvalue weighted by molar-refractivity contribution is 5.66. The number of nitrogens with zero attached hydrogens (tertiary/aromatic N) is 1. The van der Waals surface area contributed by atoms with Crippen molar-refractivity contribution in [3.05, 3.63) is 35.1 Å². The van der Waals surface area contributed by atoms with Gasteiger partial charge in [-0.05, 0) is 37.6 Å². The average molecular weight is 283 g/mol. The van der Waals surface area contributed by atoms with Gasteiger partial charge in [0.05, 0.1) is 12.5 Å². The molecule has 0 fully saturated rings. The Balaban J connectivity index is 2.82. The molecule has 0 aliphatic carbocycles. The lowest BCUT2D eigenvalue weighted by Crippen LogP contribution is -2.37. The minimum absolute atomic E-state index is 0.0299. The Hall–Kier alpha value is -1.46. The lowest BCUT2D eigenvalue weighted by Gasteiger charge is -2.31. The lowest BCUT2D eigenvalue weighted by molar-refractivity contribution is -0.137. The molecular weight excluding hydrogens is 261 g/mol. The Labute approximate surface area is 118 Å². The van der Waals surface area contributed by atoms with E-state index in [2.05, 4.69) is 0 Å². The zero-order chi connectivity index (χ0) is 15.3. The van der Waals surface area contributed by atoms with Gasteiger partial charge < -0.3 is 10.2 Å². The predicted octanol–water partition coefficient (Wildman–Crippen LogP) is 2.35. The van der Waals surface area contributed by atoms with E-state index in [1.54, 1.807) is 26.1 Å². The zero-order valence-electron chi connectivity index (χ0n) is 12.1. The molecular formula is C15H22FNO3. The smallest absolute Gasteiger partial charge is 0.304 e. The summed E-state index contributed by atoms with van der Waals surface area (Å²) >= 11 is 0. The topological polar surface area (TPSA) is 60.8 Å². The molecule has 0 saturated heterocycles. The van der Waals surface area contributed by atoms with Crippen LogP contribution in [0.4, 0.5) is 4.39 Å². The van der Waals surface area contributed by atoms with Crippen LogP contribution in [0.1, 0.15) is 37.0 Å². The van der Waals surface area contributed by atoms with Crippen LogP contribution in [0, 0.1) is 12.7 Å². The van der Waals surface area contributed by atoms with Crippen LogP contribution in [0.15, 0.2) is 18.2 Å². The van der Waals surface area contributed by atoms with E-state index in [-0.39, 0.29) is 18.3 Å². The summed E-state index contributed by atoms with van der Waals surface area (Å²) in [4.78, 5) is 12.4. The van der Waals surface area contributed by atoms with Gasteiger partial charge in [-0.1, -0.05) is 19.1 Å². The van der Waals surface area contributed by atoms with Crippen molar-refractivity contribution < 1.29 is 19.4 Å². The van der Waals surface area contributed by atoms with Crippen LogP contribution >= 0.6 is 0 Å². The van der Waals surface area contributed by atoms with Crippen molar-refractivity contribution in [1.82, 2.24) is 4.90 Å². The molecule has 112 valence electrons. The number of aliphatic hydroxyl groups excluding tert-OH is 1. The van der Waals surface area contributed by atoms with Gasteiger partial charge in [0, 0.05) is 12.6 Å². The molecule has 0 saturated carbocycles. The summed E-state index contributed by atoms with van der Waals surface area (Å²) in [5.74, 6) is -1.16. The van der Waals surface area contributed by atoms with Crippen LogP contribution in [0.25, 0.3) is 0 Å². The third-order valence-corrected chi connectivity index (χ3v) is 3.55. The number of carboxylic acid groups (broad SMARTS) is 1. The van der Waals surface area contributed by atoms with E-state index in [1.807, 2.05) is 11.8 Å². The first-order valence-corrected chi connectivity index (χ1v) is 6.73. The molecule has 0 heterocycles. The number of carboxylic acids is 1. The Morgan fingerprint density at radius 1 is 1.45 bits per heavy atom. The third kappa shape index (κ3) is 4.28. The molecule has 2 atom stereocenters. The fourth-order valence-electron chi connectivity index (χ4n) is 2.29. The van der Waals surface area contributed by atoms with E-state index in [0.717, 1.165) is 0 Å². The first kappa shape index (κ1) is 16.6. The van der Waals surface area contributed by atoms with Crippen molar-refractivity contribution in [3.63, 3.8) is 0 Å². The molecule has 0 amide bonds. The highest BCUT2D eigenvalue weighted by Gasteiger charge is 2.24. The second-order valence-corrected chi connectivity index (χ2v) is 5.05. The van der Waals surface area contributed by atoms with Gasteiger partial charge >= 0.3 is 5.97 Å². The van der Waals surface area contributed by atoms with Gasteiger partial charge in [-0.3, -0.25) is 9.69 Å². The summed E-state index contributed by atoms with van der Waals surface area (Å²) in [6, 6.07) is 4.35. The van der Waals surface area contributed by atoms with Gasteiger partial charge in [0.2, 0.25) is 0 Å². The fourth-order valence-corrected chi connectivity index (χ4v) is 2.29. The summed E-state index contributed by atoms with van der Waals surface area (Å²) < 4.78 is 13.3. The minimum Gasteiger partial charge on any atom is -0.481 e. The molecule has 0 radical (unpaired) electrons. The third-order valence-electron chi connectivity index (χ3n) is 3.55. The van der Waals surface area contributed by atoms with Gasteiger partial charge in [-0.15, -0.1) is 0 Å². The number of aliphatic carboxylic acids is 1. The Bertz CT molecular complexity index is 464. The van der Waals surface area contributed by atoms with E-state index in [4.69, 9.17) is 5.11 Å². The molecule has 20 heavy (non-hydrogen) atoms. The summed E-state index contributed by atoms with van der Waals surface area (Å²) in [6.07, 6.45) is -0.0614. The number of halogens is 1. The largest absolute Gasteiger partial charge is 0.481 e. The van der Waals surface area contributed by atoms with Crippen LogP contribution in [-0.2, 0) is 4.79 Å². The van der Waals surface area contributed by atoms with Crippen molar-refractivity contribution >= 4 is 5.97 Å². The van der Waals surface area contributed by atoms with Gasteiger partial charge in [0.15, 0.2) is 0 Å². The normalized spacial score (nSPS) is 14.3. The van der Waals surface area contributed by atoms with Crippen molar-refractivity contribution in [2.45, 2.75) is 38.8 Å². The Morgan fingerprint density at radius 3 is 2.60 bits per heavy atom. The maximum Gasteiger partial charge on any atom is 0.304 e. The first-order chi connectivity index (χ1) is 9.36. The van der Waals surface area contributed by atoms with Crippen molar-refractivity contribution in [1.29, 1.82) is 0 Å². The summed E-state index contributed by atoms with van der Waals surface area (Å²) in [5.41, 5.74) is 1.14. The molecule has 1 aromatic carbocycles. The molecule has 5 heteroatoms. The second kappa shape index (κ2) is 7.36. The minimum atomic E-state index is -0.862. The van der Waals surface area contributed by atoms with E-state index < -0.39 is 12.1 Å². The number of benzene rings is 1. The van der Waals surface area contributed by atoms with Crippen LogP contribution in [-0.4, -0.2) is 40.7 Å². The molecule has 2 unspecified atom stereocenters. The SMILES string of the molecule is CCC(C(O)c1ccc(F)c(C)c1)N(C)CCC(=O)O. The number of carbonyl (C=O) groups is 1. The van der Waals surface area contributed by atoms with E-state index in [0.29, 0.717) is 24.1 Å². The van der Waals surface area contributed by atoms with E-state index in [1.165, 1.54) is 6.07 Å². The van der Waals surface area contributed by atoms with Gasteiger partial charge in [-0.2, -0.15) is 0 Å². The number of aryl methyl sites for hydroxylation is 1. The molecule has 0 aliphatic rings. The van der Waals surface area contributed by atoms with E-state index in [9.17, 15) is 14.3 Å². The molecule has 1 aromatic rings. The molecule has 0 aliphatic heterocycles. The molecule has 2 N–H and O–H groups in total. The summed E-state index contributed by atoms with van der Waals surface area (Å²) in [5, 5.41) is 19.1. The number of hydrogen-bond donors (Lipinski definition) is 2. The fraction of sp³-hybridized carbons (Fsp3) is 0.533. The number of likely N-dealkylation sites (N-methyl/N-ethyl adjacent to an activating group) is 1. The second-order valence-electron chi connectivity index (χ2n) is 5.05. The quantitative estimate of drug-likeness (QED) is 0.806. The van der Waals surface area contributed by atoms with E-state index >= 15 is 0 Å². The van der Waals surface area contributed by atoms with Crippen LogP contribution in [0.5, 0.6) is 0 Å². The molecule has 0 bridgehead atoms. The first-order valence-electron chi connectivity index (χ1n) is 6.73. The highest BCUT2D eigenvalue weighted by Crippen LogP contribution is 2.24. The monoisotopic (exact) mass is 283 g/mol. The summed E-state index contributed by atoms with van der Waals surface area (Å²) in [6.45, 7) is 3.95. The molecule has 0 spiro atoms.